The van der Waals surface area contributed by atoms with E-state index in [2.05, 4.69) is 22.8 Å². The van der Waals surface area contributed by atoms with Gasteiger partial charge in [0, 0.05) is 5.69 Å². The summed E-state index contributed by atoms with van der Waals surface area (Å²) in [5.41, 5.74) is 1.95. The van der Waals surface area contributed by atoms with Gasteiger partial charge in [-0.1, -0.05) is 31.5 Å². The summed E-state index contributed by atoms with van der Waals surface area (Å²) in [6.45, 7) is 2.67. The SMILES string of the molecule is CCCCOc1cccc(C=NNC(=O)CC(=O)Nc2cccc(C(F)(F)F)c2)c1. The van der Waals surface area contributed by atoms with Gasteiger partial charge in [0.15, 0.2) is 0 Å². The van der Waals surface area contributed by atoms with Crippen LogP contribution in [0.5, 0.6) is 5.75 Å². The zero-order chi connectivity index (χ0) is 22.0. The van der Waals surface area contributed by atoms with Crippen LogP contribution in [-0.2, 0) is 15.8 Å². The fourth-order valence-corrected chi connectivity index (χ4v) is 2.36. The first-order chi connectivity index (χ1) is 14.3. The van der Waals surface area contributed by atoms with Crippen molar-refractivity contribution in [2.45, 2.75) is 32.4 Å². The number of hydrogen-bond donors (Lipinski definition) is 2. The number of carbonyl (C=O) groups excluding carboxylic acids is 2. The minimum absolute atomic E-state index is 0.0500. The molecule has 2 rings (SSSR count). The summed E-state index contributed by atoms with van der Waals surface area (Å²) in [4.78, 5) is 23.7. The van der Waals surface area contributed by atoms with E-state index in [4.69, 9.17) is 4.74 Å². The summed E-state index contributed by atoms with van der Waals surface area (Å²) < 4.78 is 43.7. The first kappa shape index (κ1) is 22.9. The molecule has 0 spiro atoms. The van der Waals surface area contributed by atoms with Crippen LogP contribution in [0.3, 0.4) is 0 Å². The molecule has 2 N–H and O–H groups in total. The first-order valence-corrected chi connectivity index (χ1v) is 9.30. The lowest BCUT2D eigenvalue weighted by Gasteiger charge is -2.09. The van der Waals surface area contributed by atoms with Gasteiger partial charge in [-0.2, -0.15) is 18.3 Å². The Labute approximate surface area is 172 Å². The van der Waals surface area contributed by atoms with Crippen molar-refractivity contribution >= 4 is 23.7 Å². The fourth-order valence-electron chi connectivity index (χ4n) is 2.36. The van der Waals surface area contributed by atoms with Crippen LogP contribution in [-0.4, -0.2) is 24.6 Å². The van der Waals surface area contributed by atoms with Gasteiger partial charge in [0.2, 0.25) is 11.8 Å². The molecule has 0 fully saturated rings. The zero-order valence-corrected chi connectivity index (χ0v) is 16.3. The van der Waals surface area contributed by atoms with Gasteiger partial charge in [-0.25, -0.2) is 5.43 Å². The quantitative estimate of drug-likeness (QED) is 0.273. The Morgan fingerprint density at radius 1 is 1.10 bits per heavy atom. The van der Waals surface area contributed by atoms with Crippen molar-refractivity contribution in [1.82, 2.24) is 5.43 Å². The van der Waals surface area contributed by atoms with Crippen LogP contribution in [0.2, 0.25) is 0 Å². The molecule has 0 aliphatic rings. The molecule has 0 aromatic heterocycles. The van der Waals surface area contributed by atoms with Crippen LogP contribution >= 0.6 is 0 Å². The monoisotopic (exact) mass is 421 g/mol. The molecule has 0 radical (unpaired) electrons. The van der Waals surface area contributed by atoms with Crippen molar-refractivity contribution in [3.05, 3.63) is 59.7 Å². The van der Waals surface area contributed by atoms with Crippen LogP contribution in [0.1, 0.15) is 37.3 Å². The third-order valence-electron chi connectivity index (χ3n) is 3.82. The third-order valence-corrected chi connectivity index (χ3v) is 3.82. The van der Waals surface area contributed by atoms with Crippen LogP contribution < -0.4 is 15.5 Å². The molecule has 0 aliphatic heterocycles. The second kappa shape index (κ2) is 11.0. The highest BCUT2D eigenvalue weighted by molar-refractivity contribution is 6.03. The summed E-state index contributed by atoms with van der Waals surface area (Å²) >= 11 is 0. The topological polar surface area (TPSA) is 79.8 Å². The van der Waals surface area contributed by atoms with E-state index in [0.717, 1.165) is 25.0 Å². The molecule has 30 heavy (non-hydrogen) atoms. The molecule has 0 atom stereocenters. The number of alkyl halides is 3. The van der Waals surface area contributed by atoms with E-state index in [1.165, 1.54) is 18.3 Å². The maximum Gasteiger partial charge on any atom is 0.416 e. The van der Waals surface area contributed by atoms with Crippen LogP contribution in [0.25, 0.3) is 0 Å². The van der Waals surface area contributed by atoms with Crippen molar-refractivity contribution in [2.75, 3.05) is 11.9 Å². The van der Waals surface area contributed by atoms with Crippen molar-refractivity contribution in [1.29, 1.82) is 0 Å². The predicted molar refractivity (Wildman–Crippen MR) is 107 cm³/mol. The maximum absolute atomic E-state index is 12.7. The molecule has 2 amide bonds. The van der Waals surface area contributed by atoms with Crippen molar-refractivity contribution in [2.24, 2.45) is 5.10 Å². The summed E-state index contributed by atoms with van der Waals surface area (Å²) in [6.07, 6.45) is -1.75. The number of hydrogen-bond acceptors (Lipinski definition) is 4. The third kappa shape index (κ3) is 7.94. The van der Waals surface area contributed by atoms with Gasteiger partial charge in [-0.05, 0) is 42.3 Å². The summed E-state index contributed by atoms with van der Waals surface area (Å²) in [7, 11) is 0. The van der Waals surface area contributed by atoms with Crippen LogP contribution in [0, 0.1) is 0 Å². The number of anilines is 1. The fraction of sp³-hybridized carbons (Fsp3) is 0.286. The minimum Gasteiger partial charge on any atom is -0.494 e. The van der Waals surface area contributed by atoms with E-state index in [9.17, 15) is 22.8 Å². The highest BCUT2D eigenvalue weighted by atomic mass is 19.4. The van der Waals surface area contributed by atoms with Crippen molar-refractivity contribution < 1.29 is 27.5 Å². The Balaban J connectivity index is 1.83. The van der Waals surface area contributed by atoms with E-state index in [1.807, 2.05) is 6.07 Å². The molecule has 0 bridgehead atoms. The summed E-state index contributed by atoms with van der Waals surface area (Å²) in [5.74, 6) is -0.779. The molecule has 0 saturated heterocycles. The minimum atomic E-state index is -4.52. The number of benzene rings is 2. The number of hydrazone groups is 1. The lowest BCUT2D eigenvalue weighted by molar-refractivity contribution is -0.137. The molecule has 2 aromatic rings. The van der Waals surface area contributed by atoms with E-state index < -0.39 is 30.0 Å². The number of nitrogens with one attached hydrogen (secondary N) is 2. The molecule has 9 heteroatoms. The molecule has 160 valence electrons. The first-order valence-electron chi connectivity index (χ1n) is 9.30. The van der Waals surface area contributed by atoms with Gasteiger partial charge in [0.25, 0.3) is 0 Å². The molecular weight excluding hydrogens is 399 g/mol. The molecule has 0 unspecified atom stereocenters. The van der Waals surface area contributed by atoms with Gasteiger partial charge < -0.3 is 10.1 Å². The maximum atomic E-state index is 12.7. The Kier molecular flexibility index (Phi) is 8.40. The molecule has 2 aromatic carbocycles. The molecule has 0 heterocycles. The zero-order valence-electron chi connectivity index (χ0n) is 16.3. The Morgan fingerprint density at radius 3 is 2.60 bits per heavy atom. The average Bonchev–Trinajstić information content (AvgIpc) is 2.68. The largest absolute Gasteiger partial charge is 0.494 e. The Morgan fingerprint density at radius 2 is 1.87 bits per heavy atom. The van der Waals surface area contributed by atoms with E-state index >= 15 is 0 Å². The number of carbonyl (C=O) groups is 2. The lowest BCUT2D eigenvalue weighted by Crippen LogP contribution is -2.24. The number of ether oxygens (including phenoxy) is 1. The normalized spacial score (nSPS) is 11.3. The molecular formula is C21H22F3N3O3. The number of amides is 2. The Hall–Kier alpha value is -3.36. The number of halogens is 3. The predicted octanol–water partition coefficient (Wildman–Crippen LogP) is 4.36. The Bertz CT molecular complexity index is 898. The molecule has 6 nitrogen and oxygen atoms in total. The van der Waals surface area contributed by atoms with E-state index in [0.29, 0.717) is 17.9 Å². The highest BCUT2D eigenvalue weighted by Gasteiger charge is 2.30. The van der Waals surface area contributed by atoms with Crippen molar-refractivity contribution in [3.8, 4) is 5.75 Å². The van der Waals surface area contributed by atoms with Gasteiger partial charge >= 0.3 is 6.18 Å². The number of nitrogens with zero attached hydrogens (tertiary/aromatic N) is 1. The van der Waals surface area contributed by atoms with Gasteiger partial charge in [-0.3, -0.25) is 9.59 Å². The van der Waals surface area contributed by atoms with Crippen molar-refractivity contribution in [3.63, 3.8) is 0 Å². The summed E-state index contributed by atoms with van der Waals surface area (Å²) in [5, 5.41) is 6.03. The standard InChI is InChI=1S/C21H22F3N3O3/c1-2-3-10-30-18-9-4-6-15(11-18)14-25-27-20(29)13-19(28)26-17-8-5-7-16(12-17)21(22,23)24/h4-9,11-12,14H,2-3,10,13H2,1H3,(H,26,28)(H,27,29). The second-order valence-corrected chi connectivity index (χ2v) is 6.37. The van der Waals surface area contributed by atoms with Gasteiger partial charge in [0.1, 0.15) is 12.2 Å². The molecule has 0 aliphatic carbocycles. The summed E-state index contributed by atoms with van der Waals surface area (Å²) in [6, 6.07) is 11.3. The lowest BCUT2D eigenvalue weighted by atomic mass is 10.2. The van der Waals surface area contributed by atoms with Crippen LogP contribution in [0.4, 0.5) is 18.9 Å². The average molecular weight is 421 g/mol. The van der Waals surface area contributed by atoms with E-state index in [-0.39, 0.29) is 5.69 Å². The van der Waals surface area contributed by atoms with E-state index in [1.54, 1.807) is 18.2 Å². The second-order valence-electron chi connectivity index (χ2n) is 6.37. The molecule has 0 saturated carbocycles. The number of rotatable bonds is 9. The van der Waals surface area contributed by atoms with Crippen LogP contribution in [0.15, 0.2) is 53.6 Å². The van der Waals surface area contributed by atoms with Gasteiger partial charge in [0.05, 0.1) is 18.4 Å². The highest BCUT2D eigenvalue weighted by Crippen LogP contribution is 2.30. The smallest absolute Gasteiger partial charge is 0.416 e. The van der Waals surface area contributed by atoms with Gasteiger partial charge in [-0.15, -0.1) is 0 Å². The number of unbranched alkanes of at least 4 members (excludes halogenated alkanes) is 1.